The van der Waals surface area contributed by atoms with Crippen LogP contribution in [0.1, 0.15) is 26.7 Å². The van der Waals surface area contributed by atoms with E-state index >= 15 is 0 Å². The van der Waals surface area contributed by atoms with Gasteiger partial charge in [0.1, 0.15) is 10.4 Å². The Morgan fingerprint density at radius 2 is 2.20 bits per heavy atom. The maximum atomic E-state index is 11.8. The fraction of sp³-hybridized carbons (Fsp3) is 0.455. The Kier molecular flexibility index (Phi) is 2.54. The molecule has 0 saturated carbocycles. The smallest absolute Gasteiger partial charge is 0.228 e. The number of pyridine rings is 1. The topological polar surface area (TPSA) is 33.2 Å². The fourth-order valence-corrected chi connectivity index (χ4v) is 2.27. The van der Waals surface area contributed by atoms with Crippen molar-refractivity contribution in [2.24, 2.45) is 0 Å². The van der Waals surface area contributed by atoms with Gasteiger partial charge in [-0.2, -0.15) is 0 Å². The monoisotopic (exact) mass is 268 g/mol. The Balaban J connectivity index is 2.41. The van der Waals surface area contributed by atoms with Crippen LogP contribution in [0.5, 0.6) is 0 Å². The molecule has 1 amide bonds. The fourth-order valence-electron chi connectivity index (χ4n) is 1.93. The van der Waals surface area contributed by atoms with Gasteiger partial charge in [-0.1, -0.05) is 6.07 Å². The van der Waals surface area contributed by atoms with Crippen LogP contribution in [0.2, 0.25) is 0 Å². The maximum absolute atomic E-state index is 11.8. The zero-order valence-electron chi connectivity index (χ0n) is 8.83. The number of hydrogen-bond donors (Lipinski definition) is 0. The number of carbonyl (C=O) groups excluding carboxylic acids is 1. The quantitative estimate of drug-likeness (QED) is 0.734. The lowest BCUT2D eigenvalue weighted by atomic mass is 10.0. The Morgan fingerprint density at radius 1 is 1.47 bits per heavy atom. The molecule has 0 radical (unpaired) electrons. The highest BCUT2D eigenvalue weighted by atomic mass is 79.9. The number of rotatable bonds is 1. The van der Waals surface area contributed by atoms with Gasteiger partial charge in [-0.05, 0) is 48.3 Å². The predicted molar refractivity (Wildman–Crippen MR) is 62.7 cm³/mol. The van der Waals surface area contributed by atoms with Crippen LogP contribution in [0.25, 0.3) is 0 Å². The van der Waals surface area contributed by atoms with E-state index < -0.39 is 0 Å². The molecule has 80 valence electrons. The van der Waals surface area contributed by atoms with Crippen molar-refractivity contribution in [1.29, 1.82) is 0 Å². The molecule has 4 heteroatoms. The lowest BCUT2D eigenvalue weighted by molar-refractivity contribution is -0.117. The van der Waals surface area contributed by atoms with E-state index in [4.69, 9.17) is 0 Å². The third-order valence-corrected chi connectivity index (χ3v) is 3.18. The van der Waals surface area contributed by atoms with Gasteiger partial charge in [0.15, 0.2) is 0 Å². The summed E-state index contributed by atoms with van der Waals surface area (Å²) in [6, 6.07) is 5.63. The Bertz CT molecular complexity index is 403. The van der Waals surface area contributed by atoms with Crippen LogP contribution in [0.4, 0.5) is 5.82 Å². The zero-order chi connectivity index (χ0) is 11.1. The van der Waals surface area contributed by atoms with Crippen LogP contribution in [-0.4, -0.2) is 16.4 Å². The van der Waals surface area contributed by atoms with Gasteiger partial charge in [-0.15, -0.1) is 0 Å². The number of amides is 1. The normalized spacial score (nSPS) is 19.7. The van der Waals surface area contributed by atoms with E-state index in [0.29, 0.717) is 6.42 Å². The molecule has 0 atom stereocenters. The van der Waals surface area contributed by atoms with Crippen LogP contribution in [-0.2, 0) is 4.79 Å². The summed E-state index contributed by atoms with van der Waals surface area (Å²) in [6.07, 6.45) is 1.50. The number of anilines is 1. The molecule has 0 unspecified atom stereocenters. The predicted octanol–water partition coefficient (Wildman–Crippen LogP) is 2.75. The molecule has 0 aromatic carbocycles. The zero-order valence-corrected chi connectivity index (χ0v) is 10.4. The molecule has 2 rings (SSSR count). The third-order valence-electron chi connectivity index (χ3n) is 2.73. The van der Waals surface area contributed by atoms with Gasteiger partial charge < -0.3 is 0 Å². The minimum atomic E-state index is -0.120. The van der Waals surface area contributed by atoms with E-state index in [0.717, 1.165) is 16.8 Å². The van der Waals surface area contributed by atoms with Crippen molar-refractivity contribution in [3.05, 3.63) is 22.8 Å². The molecule has 2 heterocycles. The summed E-state index contributed by atoms with van der Waals surface area (Å²) >= 11 is 3.32. The summed E-state index contributed by atoms with van der Waals surface area (Å²) in [5.74, 6) is 0.891. The van der Waals surface area contributed by atoms with Crippen LogP contribution in [0, 0.1) is 0 Å². The highest BCUT2D eigenvalue weighted by Gasteiger charge is 2.39. The summed E-state index contributed by atoms with van der Waals surface area (Å²) in [7, 11) is 0. The van der Waals surface area contributed by atoms with Gasteiger partial charge in [0, 0.05) is 12.0 Å². The van der Waals surface area contributed by atoms with Gasteiger partial charge in [0.2, 0.25) is 5.91 Å². The molecule has 1 aromatic heterocycles. The van der Waals surface area contributed by atoms with E-state index in [1.54, 1.807) is 4.90 Å². The van der Waals surface area contributed by atoms with E-state index in [9.17, 15) is 4.79 Å². The van der Waals surface area contributed by atoms with Crippen molar-refractivity contribution in [3.8, 4) is 0 Å². The number of halogens is 1. The summed E-state index contributed by atoms with van der Waals surface area (Å²) in [4.78, 5) is 17.9. The van der Waals surface area contributed by atoms with Gasteiger partial charge in [0.25, 0.3) is 0 Å². The molecule has 1 aliphatic heterocycles. The molecule has 0 bridgehead atoms. The van der Waals surface area contributed by atoms with Crippen LogP contribution < -0.4 is 4.90 Å². The van der Waals surface area contributed by atoms with E-state index in [1.807, 2.05) is 18.2 Å². The summed E-state index contributed by atoms with van der Waals surface area (Å²) < 4.78 is 0.760. The number of aromatic nitrogens is 1. The number of hydrogen-bond acceptors (Lipinski definition) is 2. The highest BCUT2D eigenvalue weighted by molar-refractivity contribution is 9.10. The Morgan fingerprint density at radius 3 is 2.73 bits per heavy atom. The molecule has 15 heavy (non-hydrogen) atoms. The van der Waals surface area contributed by atoms with Crippen molar-refractivity contribution >= 4 is 27.7 Å². The van der Waals surface area contributed by atoms with Gasteiger partial charge >= 0.3 is 0 Å². The highest BCUT2D eigenvalue weighted by Crippen LogP contribution is 2.33. The Labute approximate surface area is 97.6 Å². The molecule has 0 N–H and O–H groups in total. The minimum Gasteiger partial charge on any atom is -0.291 e. The average Bonchev–Trinajstić information content (AvgIpc) is 2.40. The van der Waals surface area contributed by atoms with Crippen molar-refractivity contribution in [2.45, 2.75) is 32.2 Å². The van der Waals surface area contributed by atoms with Gasteiger partial charge in [-0.3, -0.25) is 9.69 Å². The first-order chi connectivity index (χ1) is 7.00. The Hall–Kier alpha value is -0.900. The van der Waals surface area contributed by atoms with Crippen molar-refractivity contribution in [1.82, 2.24) is 4.98 Å². The molecule has 1 fully saturated rings. The van der Waals surface area contributed by atoms with Gasteiger partial charge in [0.05, 0.1) is 0 Å². The molecule has 0 spiro atoms. The minimum absolute atomic E-state index is 0.120. The standard InChI is InChI=1S/C11H13BrN2O/c1-11(2)7-6-10(15)14(11)9-5-3-4-8(12)13-9/h3-5H,6-7H2,1-2H3. The van der Waals surface area contributed by atoms with Crippen LogP contribution in [0.15, 0.2) is 22.8 Å². The molecular weight excluding hydrogens is 256 g/mol. The third kappa shape index (κ3) is 1.91. The first kappa shape index (κ1) is 10.6. The second-order valence-electron chi connectivity index (χ2n) is 4.36. The van der Waals surface area contributed by atoms with Crippen LogP contribution in [0.3, 0.4) is 0 Å². The molecule has 1 aromatic rings. The first-order valence-electron chi connectivity index (χ1n) is 4.96. The lowest BCUT2D eigenvalue weighted by Crippen LogP contribution is -2.41. The van der Waals surface area contributed by atoms with Crippen LogP contribution >= 0.6 is 15.9 Å². The SMILES string of the molecule is CC1(C)CCC(=O)N1c1cccc(Br)n1. The molecule has 1 saturated heterocycles. The lowest BCUT2D eigenvalue weighted by Gasteiger charge is -2.30. The molecule has 1 aliphatic rings. The summed E-state index contributed by atoms with van der Waals surface area (Å²) in [5, 5.41) is 0. The first-order valence-corrected chi connectivity index (χ1v) is 5.76. The largest absolute Gasteiger partial charge is 0.291 e. The van der Waals surface area contributed by atoms with E-state index in [1.165, 1.54) is 0 Å². The molecule has 3 nitrogen and oxygen atoms in total. The molecular formula is C11H13BrN2O. The second-order valence-corrected chi connectivity index (χ2v) is 5.17. The summed E-state index contributed by atoms with van der Waals surface area (Å²) in [5.41, 5.74) is -0.120. The van der Waals surface area contributed by atoms with E-state index in [-0.39, 0.29) is 11.4 Å². The number of nitrogens with zero attached hydrogens (tertiary/aromatic N) is 2. The van der Waals surface area contributed by atoms with Gasteiger partial charge in [-0.25, -0.2) is 4.98 Å². The maximum Gasteiger partial charge on any atom is 0.228 e. The van der Waals surface area contributed by atoms with Crippen molar-refractivity contribution < 1.29 is 4.79 Å². The summed E-state index contributed by atoms with van der Waals surface area (Å²) in [6.45, 7) is 4.14. The second kappa shape index (κ2) is 3.59. The van der Waals surface area contributed by atoms with Crippen molar-refractivity contribution in [2.75, 3.05) is 4.90 Å². The van der Waals surface area contributed by atoms with Crippen molar-refractivity contribution in [3.63, 3.8) is 0 Å². The van der Waals surface area contributed by atoms with E-state index in [2.05, 4.69) is 34.8 Å². The number of carbonyl (C=O) groups is 1. The molecule has 0 aliphatic carbocycles. The average molecular weight is 269 g/mol.